The molecule has 0 spiro atoms. The van der Waals surface area contributed by atoms with Gasteiger partial charge in [0.2, 0.25) is 0 Å². The number of nitrogens with zero attached hydrogens (tertiary/aromatic N) is 3. The first-order valence-electron chi connectivity index (χ1n) is 21.5. The lowest BCUT2D eigenvalue weighted by Crippen LogP contribution is -1.97. The van der Waals surface area contributed by atoms with Gasteiger partial charge in [-0.2, -0.15) is 5.26 Å². The van der Waals surface area contributed by atoms with Gasteiger partial charge in [-0.15, -0.1) is 56.7 Å². The molecule has 0 amide bonds. The third kappa shape index (κ3) is 8.62. The molecule has 1 N–H and O–H groups in total. The molecular formula is C52H47N3O2S5. The first-order chi connectivity index (χ1) is 30.3. The average molecular weight is 906 g/mol. The van der Waals surface area contributed by atoms with Gasteiger partial charge >= 0.3 is 5.97 Å². The number of unbranched alkanes of at least 4 members (excludes halogenated alkanes) is 6. The number of benzene rings is 3. The number of para-hydroxylation sites is 2. The lowest BCUT2D eigenvalue weighted by molar-refractivity contribution is -0.132. The number of nitriles is 1. The van der Waals surface area contributed by atoms with Crippen LogP contribution in [-0.4, -0.2) is 20.6 Å². The molecule has 0 atom stereocenters. The standard InChI is InChI=1S/C52H47N3O2S5/c1-4-6-8-10-14-35-28-44(62-47(35)33-20-22-34(23-21-33)51-54-40-16-12-13-17-41(40)55(51)38-24-18-32(3)19-25-38)48-36(15-11-9-7-5-2)27-42(60-48)43-30-46-50(61-43)49-45(59-46)29-39(58-49)26-37(31-53)52(56)57/h12-13,16-30H,4-11,14-15H2,1-3H3,(H,56,57)/b37-26+. The molecule has 5 nitrogen and oxygen atoms in total. The third-order valence-electron chi connectivity index (χ3n) is 11.4. The number of aryl methyl sites for hydroxylation is 3. The highest BCUT2D eigenvalue weighted by Crippen LogP contribution is 2.51. The number of carbonyl (C=O) groups is 1. The van der Waals surface area contributed by atoms with Crippen LogP contribution in [0.3, 0.4) is 0 Å². The van der Waals surface area contributed by atoms with Crippen molar-refractivity contribution >= 4 is 98.6 Å². The van der Waals surface area contributed by atoms with E-state index in [9.17, 15) is 15.2 Å². The molecule has 6 aromatic heterocycles. The van der Waals surface area contributed by atoms with Gasteiger partial charge in [0.05, 0.1) is 20.4 Å². The lowest BCUT2D eigenvalue weighted by Gasteiger charge is -2.11. The summed E-state index contributed by atoms with van der Waals surface area (Å²) in [7, 11) is 0. The van der Waals surface area contributed by atoms with Crippen molar-refractivity contribution in [1.29, 1.82) is 5.26 Å². The van der Waals surface area contributed by atoms with E-state index in [2.05, 4.69) is 116 Å². The highest BCUT2D eigenvalue weighted by molar-refractivity contribution is 7.40. The molecule has 0 aliphatic heterocycles. The summed E-state index contributed by atoms with van der Waals surface area (Å²) in [4.78, 5) is 24.2. The average Bonchev–Trinajstić information content (AvgIpc) is 4.14. The topological polar surface area (TPSA) is 78.9 Å². The van der Waals surface area contributed by atoms with Gasteiger partial charge in [0.15, 0.2) is 0 Å². The van der Waals surface area contributed by atoms with Gasteiger partial charge in [0.25, 0.3) is 0 Å². The maximum atomic E-state index is 11.5. The Hall–Kier alpha value is -5.15. The van der Waals surface area contributed by atoms with Crippen LogP contribution in [0.25, 0.3) is 82.9 Å². The predicted octanol–water partition coefficient (Wildman–Crippen LogP) is 16.9. The number of aliphatic carboxylic acids is 1. The predicted molar refractivity (Wildman–Crippen MR) is 269 cm³/mol. The molecule has 0 aliphatic rings. The van der Waals surface area contributed by atoms with Crippen LogP contribution >= 0.6 is 56.7 Å². The fourth-order valence-electron chi connectivity index (χ4n) is 8.17. The Morgan fingerprint density at radius 2 is 1.32 bits per heavy atom. The quantitative estimate of drug-likeness (QED) is 0.0561. The largest absolute Gasteiger partial charge is 0.477 e. The lowest BCUT2D eigenvalue weighted by atomic mass is 10.0. The monoisotopic (exact) mass is 905 g/mol. The van der Waals surface area contributed by atoms with E-state index < -0.39 is 5.97 Å². The number of hydrogen-bond acceptors (Lipinski definition) is 8. The van der Waals surface area contributed by atoms with Gasteiger partial charge in [0, 0.05) is 49.9 Å². The van der Waals surface area contributed by atoms with E-state index >= 15 is 0 Å². The van der Waals surface area contributed by atoms with E-state index in [1.54, 1.807) is 22.7 Å². The number of thiophene rings is 5. The van der Waals surface area contributed by atoms with Crippen molar-refractivity contribution in [2.24, 2.45) is 0 Å². The fourth-order valence-corrected chi connectivity index (χ4v) is 14.8. The Bertz CT molecular complexity index is 3100. The van der Waals surface area contributed by atoms with E-state index in [4.69, 9.17) is 4.98 Å². The number of hydrogen-bond donors (Lipinski definition) is 1. The number of imidazole rings is 1. The van der Waals surface area contributed by atoms with Crippen LogP contribution in [0, 0.1) is 18.3 Å². The number of rotatable bonds is 17. The molecule has 3 aromatic carbocycles. The Kier molecular flexibility index (Phi) is 12.7. The van der Waals surface area contributed by atoms with Crippen LogP contribution in [0.1, 0.15) is 86.8 Å². The van der Waals surface area contributed by atoms with Crippen molar-refractivity contribution in [2.45, 2.75) is 85.0 Å². The van der Waals surface area contributed by atoms with Gasteiger partial charge in [-0.3, -0.25) is 4.57 Å². The third-order valence-corrected chi connectivity index (χ3v) is 17.9. The number of carboxylic acid groups (broad SMARTS) is 1. The normalized spacial score (nSPS) is 12.0. The van der Waals surface area contributed by atoms with Gasteiger partial charge in [-0.05, 0) is 104 Å². The maximum absolute atomic E-state index is 11.5. The first-order valence-corrected chi connectivity index (χ1v) is 25.6. The van der Waals surface area contributed by atoms with E-state index in [1.165, 1.54) is 118 Å². The molecule has 0 radical (unpaired) electrons. The van der Waals surface area contributed by atoms with Crippen LogP contribution in [0.2, 0.25) is 0 Å². The van der Waals surface area contributed by atoms with Gasteiger partial charge in [0.1, 0.15) is 17.5 Å². The van der Waals surface area contributed by atoms with Crippen molar-refractivity contribution in [2.75, 3.05) is 0 Å². The van der Waals surface area contributed by atoms with Crippen molar-refractivity contribution in [1.82, 2.24) is 9.55 Å². The SMILES string of the molecule is CCCCCCc1cc(-c2sc(-c3cc4sc5cc(/C=C(\C#N)C(=O)O)sc5c4s3)cc2CCCCCC)sc1-c1ccc(-c2nc3ccccc3n2-c2ccc(C)cc2)cc1. The number of fused-ring (bicyclic) bond motifs is 4. The van der Waals surface area contributed by atoms with Crippen LogP contribution in [0.5, 0.6) is 0 Å². The van der Waals surface area contributed by atoms with Gasteiger partial charge < -0.3 is 5.11 Å². The summed E-state index contributed by atoms with van der Waals surface area (Å²) >= 11 is 9.02. The van der Waals surface area contributed by atoms with E-state index in [0.29, 0.717) is 0 Å². The molecule has 0 aliphatic carbocycles. The molecule has 9 aromatic rings. The van der Waals surface area contributed by atoms with E-state index in [-0.39, 0.29) is 5.57 Å². The zero-order valence-corrected chi connectivity index (χ0v) is 39.2. The summed E-state index contributed by atoms with van der Waals surface area (Å²) in [6.45, 7) is 6.68. The van der Waals surface area contributed by atoms with Crippen LogP contribution in [-0.2, 0) is 17.6 Å². The maximum Gasteiger partial charge on any atom is 0.346 e. The molecule has 0 bridgehead atoms. The zero-order chi connectivity index (χ0) is 42.7. The first kappa shape index (κ1) is 42.2. The molecule has 0 unspecified atom stereocenters. The molecule has 9 rings (SSSR count). The van der Waals surface area contributed by atoms with Gasteiger partial charge in [-0.1, -0.05) is 106 Å². The fraction of sp³-hybridized carbons (Fsp3) is 0.250. The molecular weight excluding hydrogens is 859 g/mol. The summed E-state index contributed by atoms with van der Waals surface area (Å²) in [5.74, 6) is -0.248. The summed E-state index contributed by atoms with van der Waals surface area (Å²) < 4.78 is 7.08. The van der Waals surface area contributed by atoms with Crippen LogP contribution in [0.4, 0.5) is 0 Å². The number of aromatic nitrogens is 2. The van der Waals surface area contributed by atoms with Crippen LogP contribution < -0.4 is 0 Å². The second-order valence-corrected chi connectivity index (χ2v) is 21.3. The minimum atomic E-state index is -1.20. The number of carboxylic acids is 1. The van der Waals surface area contributed by atoms with Crippen molar-refractivity contribution in [3.8, 4) is 53.1 Å². The minimum Gasteiger partial charge on any atom is -0.477 e. The molecule has 62 heavy (non-hydrogen) atoms. The second-order valence-electron chi connectivity index (χ2n) is 15.9. The minimum absolute atomic E-state index is 0.243. The molecule has 312 valence electrons. The molecule has 0 saturated carbocycles. The molecule has 0 fully saturated rings. The molecule has 6 heterocycles. The molecule has 10 heteroatoms. The Morgan fingerprint density at radius 1 is 0.694 bits per heavy atom. The smallest absolute Gasteiger partial charge is 0.346 e. The highest BCUT2D eigenvalue weighted by Gasteiger charge is 2.22. The second kappa shape index (κ2) is 18.7. The highest BCUT2D eigenvalue weighted by atomic mass is 32.1. The summed E-state index contributed by atoms with van der Waals surface area (Å²) in [5.41, 5.74) is 9.43. The Balaban J connectivity index is 1.08. The van der Waals surface area contributed by atoms with E-state index in [1.807, 2.05) is 46.1 Å². The zero-order valence-electron chi connectivity index (χ0n) is 35.1. The Morgan fingerprint density at radius 3 is 2.03 bits per heavy atom. The molecule has 0 saturated heterocycles. The summed E-state index contributed by atoms with van der Waals surface area (Å²) in [6.07, 6.45) is 13.4. The van der Waals surface area contributed by atoms with Gasteiger partial charge in [-0.25, -0.2) is 9.78 Å². The Labute approximate surface area is 382 Å². The van der Waals surface area contributed by atoms with Crippen LogP contribution in [0.15, 0.2) is 103 Å². The van der Waals surface area contributed by atoms with Crippen molar-refractivity contribution in [3.63, 3.8) is 0 Å². The van der Waals surface area contributed by atoms with Crippen molar-refractivity contribution < 1.29 is 9.90 Å². The summed E-state index contributed by atoms with van der Waals surface area (Å²) in [5, 5.41) is 18.7. The van der Waals surface area contributed by atoms with Crippen molar-refractivity contribution in [3.05, 3.63) is 124 Å². The van der Waals surface area contributed by atoms with E-state index in [0.717, 1.165) is 50.5 Å². The summed E-state index contributed by atoms with van der Waals surface area (Å²) in [6, 6.07) is 37.4.